The summed E-state index contributed by atoms with van der Waals surface area (Å²) in [6.45, 7) is 7.03. The molecule has 0 saturated heterocycles. The predicted molar refractivity (Wildman–Crippen MR) is 87.0 cm³/mol. The summed E-state index contributed by atoms with van der Waals surface area (Å²) in [5.74, 6) is 0.295. The third-order valence-corrected chi connectivity index (χ3v) is 4.41. The fourth-order valence-electron chi connectivity index (χ4n) is 3.36. The second-order valence-electron chi connectivity index (χ2n) is 6.04. The van der Waals surface area contributed by atoms with E-state index in [9.17, 15) is 4.79 Å². The molecule has 1 N–H and O–H groups in total. The number of aryl methyl sites for hydroxylation is 3. The minimum absolute atomic E-state index is 0.0127. The van der Waals surface area contributed by atoms with E-state index < -0.39 is 0 Å². The standard InChI is InChI=1S/C19H21NO/c1-12-8-13(2)16(14(3)9-12)10-19(21)17-11-20-18-7-5-4-6-15(17)18/h4-9,17,20H,10-11H2,1-3H3. The Balaban J connectivity index is 1.86. The summed E-state index contributed by atoms with van der Waals surface area (Å²) in [6, 6.07) is 12.5. The number of benzene rings is 2. The molecule has 2 heteroatoms. The van der Waals surface area contributed by atoms with Crippen LogP contribution in [-0.2, 0) is 11.2 Å². The summed E-state index contributed by atoms with van der Waals surface area (Å²) in [7, 11) is 0. The molecule has 0 aliphatic carbocycles. The summed E-state index contributed by atoms with van der Waals surface area (Å²) in [5, 5.41) is 3.33. The molecule has 2 aromatic rings. The first-order valence-corrected chi connectivity index (χ1v) is 7.48. The van der Waals surface area contributed by atoms with Gasteiger partial charge in [0.15, 0.2) is 0 Å². The maximum absolute atomic E-state index is 12.7. The lowest BCUT2D eigenvalue weighted by atomic mass is 9.89. The van der Waals surface area contributed by atoms with E-state index >= 15 is 0 Å². The van der Waals surface area contributed by atoms with Gasteiger partial charge < -0.3 is 5.32 Å². The van der Waals surface area contributed by atoms with Gasteiger partial charge in [0, 0.05) is 18.7 Å². The molecule has 108 valence electrons. The summed E-state index contributed by atoms with van der Waals surface area (Å²) in [6.07, 6.45) is 0.526. The van der Waals surface area contributed by atoms with Gasteiger partial charge in [-0.1, -0.05) is 35.9 Å². The van der Waals surface area contributed by atoms with E-state index in [1.807, 2.05) is 18.2 Å². The molecule has 3 rings (SSSR count). The smallest absolute Gasteiger partial charge is 0.146 e. The van der Waals surface area contributed by atoms with Crippen molar-refractivity contribution in [3.63, 3.8) is 0 Å². The Morgan fingerprint density at radius 3 is 2.52 bits per heavy atom. The van der Waals surface area contributed by atoms with E-state index in [2.05, 4.69) is 44.3 Å². The fraction of sp³-hybridized carbons (Fsp3) is 0.316. The Morgan fingerprint density at radius 2 is 1.81 bits per heavy atom. The van der Waals surface area contributed by atoms with Crippen LogP contribution in [0, 0.1) is 20.8 Å². The summed E-state index contributed by atoms with van der Waals surface area (Å²) >= 11 is 0. The van der Waals surface area contributed by atoms with Gasteiger partial charge in [-0.2, -0.15) is 0 Å². The van der Waals surface area contributed by atoms with Gasteiger partial charge in [0.2, 0.25) is 0 Å². The van der Waals surface area contributed by atoms with Crippen molar-refractivity contribution in [1.82, 2.24) is 0 Å². The van der Waals surface area contributed by atoms with Gasteiger partial charge in [0.1, 0.15) is 5.78 Å². The van der Waals surface area contributed by atoms with Crippen LogP contribution in [0.2, 0.25) is 0 Å². The highest BCUT2D eigenvalue weighted by atomic mass is 16.1. The van der Waals surface area contributed by atoms with Gasteiger partial charge in [0.05, 0.1) is 5.92 Å². The molecule has 2 aromatic carbocycles. The Labute approximate surface area is 126 Å². The lowest BCUT2D eigenvalue weighted by Crippen LogP contribution is -2.18. The third kappa shape index (κ3) is 2.58. The van der Waals surface area contributed by atoms with E-state index in [1.54, 1.807) is 0 Å². The molecule has 1 atom stereocenters. The van der Waals surface area contributed by atoms with Crippen molar-refractivity contribution in [3.8, 4) is 0 Å². The number of rotatable bonds is 3. The molecule has 1 unspecified atom stereocenters. The van der Waals surface area contributed by atoms with E-state index in [1.165, 1.54) is 22.3 Å². The zero-order chi connectivity index (χ0) is 15.0. The SMILES string of the molecule is Cc1cc(C)c(CC(=O)C2CNc3ccccc32)c(C)c1. The van der Waals surface area contributed by atoms with Crippen molar-refractivity contribution in [2.24, 2.45) is 0 Å². The molecule has 1 heterocycles. The van der Waals surface area contributed by atoms with Crippen molar-refractivity contribution in [2.45, 2.75) is 33.1 Å². The monoisotopic (exact) mass is 279 g/mol. The maximum atomic E-state index is 12.7. The van der Waals surface area contributed by atoms with Gasteiger partial charge >= 0.3 is 0 Å². The van der Waals surface area contributed by atoms with Crippen LogP contribution in [0.3, 0.4) is 0 Å². The topological polar surface area (TPSA) is 29.1 Å². The molecule has 0 aromatic heterocycles. The molecule has 21 heavy (non-hydrogen) atoms. The number of nitrogens with one attached hydrogen (secondary N) is 1. The molecular formula is C19H21NO. The number of ketones is 1. The number of para-hydroxylation sites is 1. The molecule has 1 aliphatic heterocycles. The van der Waals surface area contributed by atoms with Crippen LogP contribution in [0.25, 0.3) is 0 Å². The number of Topliss-reactive ketones (excluding diaryl/α,β-unsaturated/α-hetero) is 1. The van der Waals surface area contributed by atoms with Gasteiger partial charge in [0.25, 0.3) is 0 Å². The summed E-state index contributed by atoms with van der Waals surface area (Å²) < 4.78 is 0. The first-order chi connectivity index (χ1) is 10.1. The quantitative estimate of drug-likeness (QED) is 0.922. The molecule has 0 spiro atoms. The van der Waals surface area contributed by atoms with E-state index in [4.69, 9.17) is 0 Å². The number of anilines is 1. The van der Waals surface area contributed by atoms with Gasteiger partial charge in [-0.15, -0.1) is 0 Å². The van der Waals surface area contributed by atoms with E-state index in [0.717, 1.165) is 17.8 Å². The maximum Gasteiger partial charge on any atom is 0.146 e. The zero-order valence-corrected chi connectivity index (χ0v) is 12.9. The molecular weight excluding hydrogens is 258 g/mol. The average Bonchev–Trinajstić information content (AvgIpc) is 2.86. The van der Waals surface area contributed by atoms with Crippen molar-refractivity contribution >= 4 is 11.5 Å². The van der Waals surface area contributed by atoms with Crippen LogP contribution < -0.4 is 5.32 Å². The normalized spacial score (nSPS) is 16.4. The molecule has 1 aliphatic rings. The van der Waals surface area contributed by atoms with Crippen LogP contribution >= 0.6 is 0 Å². The van der Waals surface area contributed by atoms with Crippen LogP contribution in [-0.4, -0.2) is 12.3 Å². The second-order valence-corrected chi connectivity index (χ2v) is 6.04. The Kier molecular flexibility index (Phi) is 3.54. The number of carbonyl (C=O) groups excluding carboxylic acids is 1. The molecule has 0 fully saturated rings. The Bertz CT molecular complexity index is 679. The average molecular weight is 279 g/mol. The number of hydrogen-bond acceptors (Lipinski definition) is 2. The molecule has 2 nitrogen and oxygen atoms in total. The number of hydrogen-bond donors (Lipinski definition) is 1. The molecule has 0 radical (unpaired) electrons. The zero-order valence-electron chi connectivity index (χ0n) is 12.9. The van der Waals surface area contributed by atoms with Crippen molar-refractivity contribution in [1.29, 1.82) is 0 Å². The Morgan fingerprint density at radius 1 is 1.14 bits per heavy atom. The van der Waals surface area contributed by atoms with Gasteiger partial charge in [-0.05, 0) is 49.1 Å². The van der Waals surface area contributed by atoms with Gasteiger partial charge in [-0.25, -0.2) is 0 Å². The number of carbonyl (C=O) groups is 1. The fourth-order valence-corrected chi connectivity index (χ4v) is 3.36. The summed E-state index contributed by atoms with van der Waals surface area (Å²) in [4.78, 5) is 12.7. The lowest BCUT2D eigenvalue weighted by Gasteiger charge is -2.14. The highest BCUT2D eigenvalue weighted by Gasteiger charge is 2.28. The van der Waals surface area contributed by atoms with Crippen molar-refractivity contribution in [3.05, 3.63) is 64.2 Å². The second kappa shape index (κ2) is 5.36. The predicted octanol–water partition coefficient (Wildman–Crippen LogP) is 3.93. The van der Waals surface area contributed by atoms with Crippen LogP contribution in [0.15, 0.2) is 36.4 Å². The molecule has 0 bridgehead atoms. The van der Waals surface area contributed by atoms with Crippen LogP contribution in [0.5, 0.6) is 0 Å². The van der Waals surface area contributed by atoms with Crippen LogP contribution in [0.4, 0.5) is 5.69 Å². The highest BCUT2D eigenvalue weighted by Crippen LogP contribution is 2.32. The van der Waals surface area contributed by atoms with Crippen molar-refractivity contribution in [2.75, 3.05) is 11.9 Å². The van der Waals surface area contributed by atoms with Gasteiger partial charge in [-0.3, -0.25) is 4.79 Å². The minimum atomic E-state index is -0.0127. The van der Waals surface area contributed by atoms with Crippen LogP contribution in [0.1, 0.15) is 33.7 Å². The minimum Gasteiger partial charge on any atom is -0.384 e. The Hall–Kier alpha value is -2.09. The van der Waals surface area contributed by atoms with E-state index in [-0.39, 0.29) is 5.92 Å². The summed E-state index contributed by atoms with van der Waals surface area (Å²) in [5.41, 5.74) is 7.14. The number of fused-ring (bicyclic) bond motifs is 1. The largest absolute Gasteiger partial charge is 0.384 e. The van der Waals surface area contributed by atoms with E-state index in [0.29, 0.717) is 12.2 Å². The third-order valence-electron chi connectivity index (χ3n) is 4.41. The molecule has 0 amide bonds. The highest BCUT2D eigenvalue weighted by molar-refractivity contribution is 5.91. The lowest BCUT2D eigenvalue weighted by molar-refractivity contribution is -0.119. The van der Waals surface area contributed by atoms with Crippen molar-refractivity contribution < 1.29 is 4.79 Å². The first-order valence-electron chi connectivity index (χ1n) is 7.48. The first kappa shape index (κ1) is 13.9. The molecule has 0 saturated carbocycles.